The predicted octanol–water partition coefficient (Wildman–Crippen LogP) is 2.34. The molecule has 0 fully saturated rings. The normalized spacial score (nSPS) is 12.0. The Morgan fingerprint density at radius 3 is 2.61 bits per heavy atom. The zero-order valence-electron chi connectivity index (χ0n) is 11.0. The molecule has 0 spiro atoms. The summed E-state index contributed by atoms with van der Waals surface area (Å²) in [7, 11) is 0. The average Bonchev–Trinajstić information content (AvgIpc) is 2.94. The molecule has 6 nitrogen and oxygen atoms in total. The molecule has 0 amide bonds. The topological polar surface area (TPSA) is 80.5 Å². The fourth-order valence-corrected chi connectivity index (χ4v) is 1.91. The van der Waals surface area contributed by atoms with Gasteiger partial charge in [0.15, 0.2) is 5.82 Å². The number of rotatable bonds is 4. The molecule has 0 saturated carbocycles. The summed E-state index contributed by atoms with van der Waals surface area (Å²) < 4.78 is 5.22. The maximum atomic E-state index is 5.22. The second kappa shape index (κ2) is 5.09. The van der Waals surface area contributed by atoms with Crippen LogP contribution in [0.2, 0.25) is 0 Å². The maximum absolute atomic E-state index is 5.22. The first-order valence-corrected chi connectivity index (χ1v) is 6.84. The van der Waals surface area contributed by atoms with Crippen molar-refractivity contribution in [3.63, 3.8) is 0 Å². The van der Waals surface area contributed by atoms with Crippen molar-refractivity contribution in [2.75, 3.05) is 0 Å². The molecule has 1 N–H and O–H groups in total. The minimum absolute atomic E-state index is 0.115. The van der Waals surface area contributed by atoms with Crippen molar-refractivity contribution in [3.05, 3.63) is 17.5 Å². The molecule has 0 aliphatic heterocycles. The van der Waals surface area contributed by atoms with Gasteiger partial charge in [0.2, 0.25) is 11.0 Å². The van der Waals surface area contributed by atoms with E-state index < -0.39 is 0 Å². The van der Waals surface area contributed by atoms with Gasteiger partial charge in [0.25, 0.3) is 0 Å². The van der Waals surface area contributed by atoms with Crippen LogP contribution >= 0.6 is 11.8 Å². The van der Waals surface area contributed by atoms with E-state index in [4.69, 9.17) is 4.52 Å². The summed E-state index contributed by atoms with van der Waals surface area (Å²) in [5.74, 6) is 2.83. The van der Waals surface area contributed by atoms with E-state index in [1.807, 2.05) is 27.7 Å². The van der Waals surface area contributed by atoms with Gasteiger partial charge in [0.05, 0.1) is 5.75 Å². The Balaban J connectivity index is 1.96. The Kier molecular flexibility index (Phi) is 3.70. The van der Waals surface area contributed by atoms with Crippen molar-refractivity contribution in [2.24, 2.45) is 0 Å². The molecule has 98 valence electrons. The van der Waals surface area contributed by atoms with E-state index >= 15 is 0 Å². The number of aromatic amines is 1. The van der Waals surface area contributed by atoms with Crippen LogP contribution in [0, 0.1) is 0 Å². The van der Waals surface area contributed by atoms with Crippen LogP contribution in [0.15, 0.2) is 9.68 Å². The summed E-state index contributed by atoms with van der Waals surface area (Å²) in [5, 5.41) is 11.6. The Morgan fingerprint density at radius 2 is 2.06 bits per heavy atom. The van der Waals surface area contributed by atoms with E-state index in [0.717, 1.165) is 12.2 Å². The Hall–Kier alpha value is -1.37. The predicted molar refractivity (Wildman–Crippen MR) is 68.3 cm³/mol. The van der Waals surface area contributed by atoms with Gasteiger partial charge in [-0.2, -0.15) is 4.98 Å². The zero-order chi connectivity index (χ0) is 13.2. The van der Waals surface area contributed by atoms with Crippen LogP contribution in [-0.4, -0.2) is 25.3 Å². The second-order valence-corrected chi connectivity index (χ2v) is 5.92. The number of nitrogens with one attached hydrogen (secondary N) is 1. The van der Waals surface area contributed by atoms with Gasteiger partial charge in [-0.25, -0.2) is 4.98 Å². The quantitative estimate of drug-likeness (QED) is 0.856. The van der Waals surface area contributed by atoms with Crippen molar-refractivity contribution >= 4 is 11.8 Å². The van der Waals surface area contributed by atoms with Gasteiger partial charge in [-0.1, -0.05) is 44.6 Å². The van der Waals surface area contributed by atoms with E-state index in [1.165, 1.54) is 11.8 Å². The number of H-pyrrole nitrogens is 1. The van der Waals surface area contributed by atoms with Crippen LogP contribution in [0.25, 0.3) is 0 Å². The molecule has 0 saturated heterocycles. The fraction of sp³-hybridized carbons (Fsp3) is 0.636. The fourth-order valence-electron chi connectivity index (χ4n) is 1.25. The molecule has 2 heterocycles. The SMILES string of the molecule is CCc1nc(SCc2noc(C(C)(C)C)n2)n[nH]1. The standard InChI is InChI=1S/C11H17N5OS/c1-5-7-13-10(15-14-7)18-6-8-12-9(17-16-8)11(2,3)4/h5-6H2,1-4H3,(H,13,14,15). The minimum Gasteiger partial charge on any atom is -0.339 e. The molecule has 2 aromatic heterocycles. The van der Waals surface area contributed by atoms with E-state index in [9.17, 15) is 0 Å². The summed E-state index contributed by atoms with van der Waals surface area (Å²) in [5.41, 5.74) is -0.115. The maximum Gasteiger partial charge on any atom is 0.232 e. The largest absolute Gasteiger partial charge is 0.339 e. The van der Waals surface area contributed by atoms with Crippen LogP contribution in [0.1, 0.15) is 45.2 Å². The molecule has 7 heteroatoms. The molecule has 0 atom stereocenters. The lowest BCUT2D eigenvalue weighted by Gasteiger charge is -2.10. The number of hydrogen-bond acceptors (Lipinski definition) is 6. The molecule has 0 unspecified atom stereocenters. The Labute approximate surface area is 110 Å². The monoisotopic (exact) mass is 267 g/mol. The minimum atomic E-state index is -0.115. The smallest absolute Gasteiger partial charge is 0.232 e. The molecule has 2 aromatic rings. The van der Waals surface area contributed by atoms with Crippen molar-refractivity contribution in [3.8, 4) is 0 Å². The lowest BCUT2D eigenvalue weighted by Crippen LogP contribution is -2.11. The summed E-state index contributed by atoms with van der Waals surface area (Å²) in [6, 6.07) is 0. The number of nitrogens with zero attached hydrogens (tertiary/aromatic N) is 4. The highest BCUT2D eigenvalue weighted by atomic mass is 32.2. The number of aromatic nitrogens is 5. The van der Waals surface area contributed by atoms with Crippen molar-refractivity contribution in [1.82, 2.24) is 25.3 Å². The first kappa shape index (κ1) is 13.1. The molecule has 0 radical (unpaired) electrons. The van der Waals surface area contributed by atoms with Gasteiger partial charge in [-0.3, -0.25) is 5.10 Å². The number of thioether (sulfide) groups is 1. The van der Waals surface area contributed by atoms with E-state index in [1.54, 1.807) is 0 Å². The van der Waals surface area contributed by atoms with Gasteiger partial charge >= 0.3 is 0 Å². The number of aryl methyl sites for hydroxylation is 1. The highest BCUT2D eigenvalue weighted by Gasteiger charge is 2.21. The van der Waals surface area contributed by atoms with Crippen molar-refractivity contribution < 1.29 is 4.52 Å². The van der Waals surface area contributed by atoms with Gasteiger partial charge in [-0.15, -0.1) is 5.10 Å². The molecule has 0 aromatic carbocycles. The lowest BCUT2D eigenvalue weighted by molar-refractivity contribution is 0.319. The van der Waals surface area contributed by atoms with Crippen LogP contribution in [0.4, 0.5) is 0 Å². The van der Waals surface area contributed by atoms with E-state index in [0.29, 0.717) is 22.6 Å². The molecule has 18 heavy (non-hydrogen) atoms. The third-order valence-electron chi connectivity index (χ3n) is 2.29. The van der Waals surface area contributed by atoms with Crippen LogP contribution in [-0.2, 0) is 17.6 Å². The molecular weight excluding hydrogens is 250 g/mol. The summed E-state index contributed by atoms with van der Waals surface area (Å²) >= 11 is 1.50. The summed E-state index contributed by atoms with van der Waals surface area (Å²) in [6.45, 7) is 8.16. The molecule has 2 rings (SSSR count). The first-order chi connectivity index (χ1) is 8.49. The molecule has 0 bridgehead atoms. The third kappa shape index (κ3) is 3.10. The van der Waals surface area contributed by atoms with Gasteiger partial charge in [0, 0.05) is 11.8 Å². The first-order valence-electron chi connectivity index (χ1n) is 5.86. The van der Waals surface area contributed by atoms with Crippen LogP contribution in [0.3, 0.4) is 0 Å². The van der Waals surface area contributed by atoms with Crippen molar-refractivity contribution in [2.45, 2.75) is 50.4 Å². The van der Waals surface area contributed by atoms with Crippen molar-refractivity contribution in [1.29, 1.82) is 0 Å². The van der Waals surface area contributed by atoms with E-state index in [2.05, 4.69) is 25.3 Å². The average molecular weight is 267 g/mol. The highest BCUT2D eigenvalue weighted by molar-refractivity contribution is 7.98. The Bertz CT molecular complexity index is 513. The summed E-state index contributed by atoms with van der Waals surface area (Å²) in [4.78, 5) is 8.67. The molecular formula is C11H17N5OS. The number of hydrogen-bond donors (Lipinski definition) is 1. The third-order valence-corrected chi connectivity index (χ3v) is 3.13. The lowest BCUT2D eigenvalue weighted by atomic mass is 9.97. The zero-order valence-corrected chi connectivity index (χ0v) is 11.8. The van der Waals surface area contributed by atoms with Gasteiger partial charge < -0.3 is 4.52 Å². The second-order valence-electron chi connectivity index (χ2n) is 4.97. The van der Waals surface area contributed by atoms with Gasteiger partial charge in [-0.05, 0) is 0 Å². The Morgan fingerprint density at radius 1 is 1.28 bits per heavy atom. The van der Waals surface area contributed by atoms with Gasteiger partial charge in [0.1, 0.15) is 5.82 Å². The van der Waals surface area contributed by atoms with E-state index in [-0.39, 0.29) is 5.41 Å². The molecule has 0 aliphatic rings. The van der Waals surface area contributed by atoms with Crippen LogP contribution < -0.4 is 0 Å². The highest BCUT2D eigenvalue weighted by Crippen LogP contribution is 2.22. The summed E-state index contributed by atoms with van der Waals surface area (Å²) in [6.07, 6.45) is 0.851. The molecule has 0 aliphatic carbocycles. The van der Waals surface area contributed by atoms with Crippen LogP contribution in [0.5, 0.6) is 0 Å².